The summed E-state index contributed by atoms with van der Waals surface area (Å²) in [6.07, 6.45) is -0.0498. The molecule has 15 heavy (non-hydrogen) atoms. The van der Waals surface area contributed by atoms with E-state index >= 15 is 0 Å². The third-order valence-corrected chi connectivity index (χ3v) is 2.64. The van der Waals surface area contributed by atoms with Crippen molar-refractivity contribution < 1.29 is 4.74 Å². The van der Waals surface area contributed by atoms with Gasteiger partial charge in [-0.3, -0.25) is 0 Å². The minimum atomic E-state index is -0.0498. The Hall–Kier alpha value is -0.280. The maximum absolute atomic E-state index is 6.10. The number of ether oxygens (including phenoxy) is 1. The molecule has 0 heterocycles. The fourth-order valence-electron chi connectivity index (χ4n) is 1.41. The zero-order valence-corrected chi connectivity index (χ0v) is 10.4. The highest BCUT2D eigenvalue weighted by molar-refractivity contribution is 6.33. The lowest BCUT2D eigenvalue weighted by atomic mass is 10.1. The molecule has 0 spiro atoms. The molecule has 0 radical (unpaired) electrons. The molecule has 0 aliphatic rings. The number of likely N-dealkylation sites (N-methyl/N-ethyl adjacent to an activating group) is 1. The lowest BCUT2D eigenvalue weighted by Gasteiger charge is -2.18. The van der Waals surface area contributed by atoms with Crippen molar-refractivity contribution in [2.24, 2.45) is 0 Å². The van der Waals surface area contributed by atoms with Gasteiger partial charge in [-0.05, 0) is 32.2 Å². The highest BCUT2D eigenvalue weighted by Crippen LogP contribution is 2.28. The first-order valence-corrected chi connectivity index (χ1v) is 5.65. The number of nitrogens with one attached hydrogen (secondary N) is 1. The van der Waals surface area contributed by atoms with E-state index in [4.69, 9.17) is 27.9 Å². The normalized spacial score (nSPS) is 12.8. The molecule has 0 fully saturated rings. The zero-order valence-electron chi connectivity index (χ0n) is 8.89. The molecule has 1 aromatic rings. The van der Waals surface area contributed by atoms with Crippen LogP contribution in [0.4, 0.5) is 0 Å². The second-order valence-electron chi connectivity index (χ2n) is 3.17. The molecule has 1 N–H and O–H groups in total. The van der Waals surface area contributed by atoms with Gasteiger partial charge in [-0.25, -0.2) is 0 Å². The van der Waals surface area contributed by atoms with Crippen LogP contribution in [0.2, 0.25) is 10.0 Å². The highest BCUT2D eigenvalue weighted by atomic mass is 35.5. The van der Waals surface area contributed by atoms with Gasteiger partial charge in [0.05, 0.1) is 6.10 Å². The fourth-order valence-corrected chi connectivity index (χ4v) is 1.83. The first-order chi connectivity index (χ1) is 7.19. The number of hydrogen-bond donors (Lipinski definition) is 1. The summed E-state index contributed by atoms with van der Waals surface area (Å²) in [4.78, 5) is 0. The standard InChI is InChI=1S/C11H15Cl2NO/c1-3-15-11(7-14-2)9-6-8(12)4-5-10(9)13/h4-6,11,14H,3,7H2,1-2H3. The maximum atomic E-state index is 6.10. The molecule has 1 unspecified atom stereocenters. The van der Waals surface area contributed by atoms with Crippen molar-refractivity contribution in [2.45, 2.75) is 13.0 Å². The molecule has 4 heteroatoms. The molecule has 0 amide bonds. The van der Waals surface area contributed by atoms with Crippen molar-refractivity contribution in [3.8, 4) is 0 Å². The van der Waals surface area contributed by atoms with Crippen LogP contribution in [-0.4, -0.2) is 20.2 Å². The van der Waals surface area contributed by atoms with Crippen LogP contribution in [0.25, 0.3) is 0 Å². The molecule has 2 nitrogen and oxygen atoms in total. The molecule has 0 aliphatic heterocycles. The Kier molecular flexibility index (Phi) is 5.40. The summed E-state index contributed by atoms with van der Waals surface area (Å²) in [7, 11) is 1.88. The monoisotopic (exact) mass is 247 g/mol. The molecule has 84 valence electrons. The smallest absolute Gasteiger partial charge is 0.0963 e. The van der Waals surface area contributed by atoms with E-state index in [2.05, 4.69) is 5.32 Å². The first-order valence-electron chi connectivity index (χ1n) is 4.90. The Morgan fingerprint density at radius 3 is 2.73 bits per heavy atom. The topological polar surface area (TPSA) is 21.3 Å². The Labute approximate surface area is 101 Å². The van der Waals surface area contributed by atoms with E-state index in [-0.39, 0.29) is 6.10 Å². The molecule has 1 aromatic carbocycles. The summed E-state index contributed by atoms with van der Waals surface area (Å²) >= 11 is 12.0. The summed E-state index contributed by atoms with van der Waals surface area (Å²) in [5.41, 5.74) is 0.931. The van der Waals surface area contributed by atoms with Gasteiger partial charge in [0.1, 0.15) is 0 Å². The molecule has 0 aliphatic carbocycles. The van der Waals surface area contributed by atoms with E-state index in [0.717, 1.165) is 5.56 Å². The predicted molar refractivity (Wildman–Crippen MR) is 64.8 cm³/mol. The van der Waals surface area contributed by atoms with E-state index < -0.39 is 0 Å². The molecule has 1 atom stereocenters. The van der Waals surface area contributed by atoms with Crippen LogP contribution in [0.3, 0.4) is 0 Å². The Morgan fingerprint density at radius 1 is 1.40 bits per heavy atom. The zero-order chi connectivity index (χ0) is 11.3. The van der Waals surface area contributed by atoms with Crippen molar-refractivity contribution in [3.63, 3.8) is 0 Å². The van der Waals surface area contributed by atoms with Crippen molar-refractivity contribution >= 4 is 23.2 Å². The van der Waals surface area contributed by atoms with Gasteiger partial charge >= 0.3 is 0 Å². The van der Waals surface area contributed by atoms with Crippen LogP contribution in [0.15, 0.2) is 18.2 Å². The summed E-state index contributed by atoms with van der Waals surface area (Å²) < 4.78 is 5.60. The van der Waals surface area contributed by atoms with Gasteiger partial charge in [0.2, 0.25) is 0 Å². The summed E-state index contributed by atoms with van der Waals surface area (Å²) in [5.74, 6) is 0. The lowest BCUT2D eigenvalue weighted by molar-refractivity contribution is 0.0639. The van der Waals surface area contributed by atoms with Gasteiger partial charge in [-0.1, -0.05) is 23.2 Å². The molecule has 0 saturated heterocycles. The number of benzene rings is 1. The van der Waals surface area contributed by atoms with Crippen LogP contribution in [-0.2, 0) is 4.74 Å². The maximum Gasteiger partial charge on any atom is 0.0963 e. The SMILES string of the molecule is CCOC(CNC)c1cc(Cl)ccc1Cl. The van der Waals surface area contributed by atoms with Gasteiger partial charge in [0, 0.05) is 28.8 Å². The van der Waals surface area contributed by atoms with Gasteiger partial charge in [0.25, 0.3) is 0 Å². The Balaban J connectivity index is 2.93. The van der Waals surface area contributed by atoms with Crippen LogP contribution >= 0.6 is 23.2 Å². The van der Waals surface area contributed by atoms with E-state index in [9.17, 15) is 0 Å². The minimum Gasteiger partial charge on any atom is -0.372 e. The second kappa shape index (κ2) is 6.33. The molecule has 1 rings (SSSR count). The van der Waals surface area contributed by atoms with Gasteiger partial charge in [0.15, 0.2) is 0 Å². The molecule has 0 aromatic heterocycles. The van der Waals surface area contributed by atoms with Gasteiger partial charge in [-0.2, -0.15) is 0 Å². The number of rotatable bonds is 5. The summed E-state index contributed by atoms with van der Waals surface area (Å²) in [5, 5.41) is 4.44. The van der Waals surface area contributed by atoms with Crippen molar-refractivity contribution in [1.29, 1.82) is 0 Å². The Morgan fingerprint density at radius 2 is 2.13 bits per heavy atom. The van der Waals surface area contributed by atoms with Crippen molar-refractivity contribution in [1.82, 2.24) is 5.32 Å². The quantitative estimate of drug-likeness (QED) is 0.863. The fraction of sp³-hybridized carbons (Fsp3) is 0.455. The second-order valence-corrected chi connectivity index (χ2v) is 4.01. The average Bonchev–Trinajstić information content (AvgIpc) is 2.21. The van der Waals surface area contributed by atoms with Crippen molar-refractivity contribution in [3.05, 3.63) is 33.8 Å². The highest BCUT2D eigenvalue weighted by Gasteiger charge is 2.14. The van der Waals surface area contributed by atoms with Crippen molar-refractivity contribution in [2.75, 3.05) is 20.2 Å². The average molecular weight is 248 g/mol. The molecule has 0 saturated carbocycles. The third-order valence-electron chi connectivity index (χ3n) is 2.06. The van der Waals surface area contributed by atoms with E-state index in [1.807, 2.05) is 20.0 Å². The largest absolute Gasteiger partial charge is 0.372 e. The summed E-state index contributed by atoms with van der Waals surface area (Å²) in [6.45, 7) is 3.32. The number of hydrogen-bond acceptors (Lipinski definition) is 2. The van der Waals surface area contributed by atoms with Crippen LogP contribution in [0.1, 0.15) is 18.6 Å². The molecular weight excluding hydrogens is 233 g/mol. The van der Waals surface area contributed by atoms with Gasteiger partial charge < -0.3 is 10.1 Å². The van der Waals surface area contributed by atoms with Crippen LogP contribution in [0.5, 0.6) is 0 Å². The predicted octanol–water partition coefficient (Wildman–Crippen LogP) is 3.29. The van der Waals surface area contributed by atoms with E-state index in [1.165, 1.54) is 0 Å². The van der Waals surface area contributed by atoms with Gasteiger partial charge in [-0.15, -0.1) is 0 Å². The number of halogens is 2. The van der Waals surface area contributed by atoms with Crippen LogP contribution in [0, 0.1) is 0 Å². The molecule has 0 bridgehead atoms. The molecular formula is C11H15Cl2NO. The summed E-state index contributed by atoms with van der Waals surface area (Å²) in [6, 6.07) is 5.41. The van der Waals surface area contributed by atoms with Crippen LogP contribution < -0.4 is 5.32 Å². The minimum absolute atomic E-state index is 0.0498. The van der Waals surface area contributed by atoms with E-state index in [0.29, 0.717) is 23.2 Å². The first kappa shape index (κ1) is 12.8. The Bertz CT molecular complexity index is 311. The third kappa shape index (κ3) is 3.65. The van der Waals surface area contributed by atoms with E-state index in [1.54, 1.807) is 12.1 Å². The lowest BCUT2D eigenvalue weighted by Crippen LogP contribution is -2.20.